The molecule has 0 fully saturated rings. The van der Waals surface area contributed by atoms with E-state index in [1.807, 2.05) is 0 Å². The lowest BCUT2D eigenvalue weighted by atomic mass is 10.1. The van der Waals surface area contributed by atoms with Crippen LogP contribution >= 0.6 is 0 Å². The van der Waals surface area contributed by atoms with E-state index in [0.29, 0.717) is 6.07 Å². The van der Waals surface area contributed by atoms with Gasteiger partial charge in [-0.05, 0) is 12.1 Å². The summed E-state index contributed by atoms with van der Waals surface area (Å²) in [5.41, 5.74) is -7.32. The van der Waals surface area contributed by atoms with E-state index < -0.39 is 49.8 Å². The van der Waals surface area contributed by atoms with Crippen molar-refractivity contribution < 1.29 is 40.2 Å². The minimum Gasteiger partial charge on any atom is -0.455 e. The summed E-state index contributed by atoms with van der Waals surface area (Å²) in [4.78, 5) is 2.23. The summed E-state index contributed by atoms with van der Waals surface area (Å²) in [6.07, 6.45) is -1.68. The summed E-state index contributed by atoms with van der Waals surface area (Å²) in [6.45, 7) is 0. The van der Waals surface area contributed by atoms with E-state index in [4.69, 9.17) is 10.00 Å². The molecule has 6 nitrogen and oxygen atoms in total. The van der Waals surface area contributed by atoms with E-state index in [9.17, 15) is 35.5 Å². The molecule has 1 aliphatic carbocycles. The summed E-state index contributed by atoms with van der Waals surface area (Å²) < 4.78 is 95.6. The number of sulfone groups is 1. The molecular weight excluding hydrogens is 411 g/mol. The van der Waals surface area contributed by atoms with Crippen LogP contribution in [-0.4, -0.2) is 29.9 Å². The lowest BCUT2D eigenvalue weighted by Crippen LogP contribution is -2.26. The van der Waals surface area contributed by atoms with Gasteiger partial charge in [0.15, 0.2) is 0 Å². The molecule has 3 rings (SSSR count). The van der Waals surface area contributed by atoms with Crippen LogP contribution < -0.4 is 4.74 Å². The lowest BCUT2D eigenvalue weighted by Gasteiger charge is -2.17. The van der Waals surface area contributed by atoms with Crippen molar-refractivity contribution in [3.05, 3.63) is 47.3 Å². The van der Waals surface area contributed by atoms with Crippen molar-refractivity contribution in [3.8, 4) is 17.6 Å². The second-order valence-corrected chi connectivity index (χ2v) is 7.78. The molecule has 28 heavy (non-hydrogen) atoms. The number of aromatic nitrogens is 1. The third kappa shape index (κ3) is 3.16. The molecule has 0 saturated carbocycles. The molecule has 0 saturated heterocycles. The highest BCUT2D eigenvalue weighted by molar-refractivity contribution is 7.92. The van der Waals surface area contributed by atoms with Gasteiger partial charge in [-0.2, -0.15) is 18.4 Å². The molecular formula is C16H9F5N2O4S. The van der Waals surface area contributed by atoms with Crippen LogP contribution in [0, 0.1) is 11.3 Å². The van der Waals surface area contributed by atoms with Gasteiger partial charge in [0.1, 0.15) is 23.7 Å². The summed E-state index contributed by atoms with van der Waals surface area (Å²) in [5.74, 6) is -4.37. The molecule has 1 aliphatic rings. The summed E-state index contributed by atoms with van der Waals surface area (Å²) in [7, 11) is -5.99. The number of alkyl halides is 5. The molecule has 1 N–H and O–H groups in total. The minimum absolute atomic E-state index is 0.0655. The smallest absolute Gasteiger partial charge is 0.455 e. The quantitative estimate of drug-likeness (QED) is 0.765. The van der Waals surface area contributed by atoms with Crippen molar-refractivity contribution in [1.29, 1.82) is 5.26 Å². The summed E-state index contributed by atoms with van der Waals surface area (Å²) >= 11 is 0. The third-order valence-electron chi connectivity index (χ3n) is 4.02. The highest BCUT2D eigenvalue weighted by Crippen LogP contribution is 2.51. The summed E-state index contributed by atoms with van der Waals surface area (Å²) in [5, 5.41) is 18.6. The molecule has 1 atom stereocenters. The number of nitrogens with zero attached hydrogens (tertiary/aromatic N) is 2. The molecule has 2 aromatic rings. The van der Waals surface area contributed by atoms with Crippen LogP contribution in [0.3, 0.4) is 0 Å². The number of halogens is 5. The average molecular weight is 420 g/mol. The zero-order chi connectivity index (χ0) is 20.9. The van der Waals surface area contributed by atoms with E-state index in [1.165, 1.54) is 12.3 Å². The fourth-order valence-electron chi connectivity index (χ4n) is 2.77. The Morgan fingerprint density at radius 3 is 2.57 bits per heavy atom. The second kappa shape index (κ2) is 6.39. The van der Waals surface area contributed by atoms with Crippen LogP contribution in [0.1, 0.15) is 22.8 Å². The normalized spacial score (nSPS) is 18.4. The molecule has 1 unspecified atom stereocenters. The summed E-state index contributed by atoms with van der Waals surface area (Å²) in [6, 6.07) is 4.19. The van der Waals surface area contributed by atoms with Crippen molar-refractivity contribution >= 4 is 9.84 Å². The zero-order valence-electron chi connectivity index (χ0n) is 13.5. The van der Waals surface area contributed by atoms with E-state index in [-0.39, 0.29) is 17.1 Å². The van der Waals surface area contributed by atoms with Crippen LogP contribution in [0.15, 0.2) is 35.5 Å². The number of aliphatic hydroxyl groups excluding tert-OH is 1. The van der Waals surface area contributed by atoms with Gasteiger partial charge >= 0.3 is 5.51 Å². The Labute approximate surface area is 154 Å². The van der Waals surface area contributed by atoms with Crippen LogP contribution in [0.5, 0.6) is 11.5 Å². The van der Waals surface area contributed by atoms with Gasteiger partial charge < -0.3 is 9.84 Å². The number of benzene rings is 1. The molecule has 0 radical (unpaired) electrons. The van der Waals surface area contributed by atoms with Crippen molar-refractivity contribution in [3.63, 3.8) is 0 Å². The number of hydrogen-bond donors (Lipinski definition) is 1. The Morgan fingerprint density at radius 2 is 1.96 bits per heavy atom. The Hall–Kier alpha value is -2.78. The van der Waals surface area contributed by atoms with Crippen molar-refractivity contribution in [2.24, 2.45) is 0 Å². The molecule has 1 heterocycles. The molecule has 0 spiro atoms. The van der Waals surface area contributed by atoms with Crippen molar-refractivity contribution in [1.82, 2.24) is 4.98 Å². The predicted octanol–water partition coefficient (Wildman–Crippen LogP) is 3.26. The Bertz CT molecular complexity index is 1090. The molecule has 0 aliphatic heterocycles. The third-order valence-corrected chi connectivity index (χ3v) is 5.57. The van der Waals surface area contributed by atoms with Crippen LogP contribution in [0.4, 0.5) is 22.0 Å². The molecule has 1 aromatic heterocycles. The first kappa shape index (κ1) is 20.0. The Balaban J connectivity index is 2.18. The van der Waals surface area contributed by atoms with Gasteiger partial charge in [0.2, 0.25) is 0 Å². The number of pyridine rings is 1. The standard InChI is InChI=1S/C16H9F5N2O4S/c17-15(18)4-10-11(27-9-3-8(5-22)6-23-7-9)1-2-12(13(10)14(15)24)28(25,26)16(19,20)21/h1-3,6-7,14,24H,4H2. The maximum Gasteiger partial charge on any atom is 0.501 e. The number of hydrogen-bond acceptors (Lipinski definition) is 6. The van der Waals surface area contributed by atoms with E-state index in [1.54, 1.807) is 6.07 Å². The monoisotopic (exact) mass is 420 g/mol. The van der Waals surface area contributed by atoms with Crippen molar-refractivity contribution in [2.45, 2.75) is 28.9 Å². The number of ether oxygens (including phenoxy) is 1. The largest absolute Gasteiger partial charge is 0.501 e. The minimum atomic E-state index is -5.99. The maximum absolute atomic E-state index is 14.0. The number of nitriles is 1. The molecule has 1 aromatic carbocycles. The molecule has 0 bridgehead atoms. The zero-order valence-corrected chi connectivity index (χ0v) is 14.4. The first-order valence-corrected chi connectivity index (χ1v) is 8.93. The highest BCUT2D eigenvalue weighted by atomic mass is 32.2. The topological polar surface area (TPSA) is 100 Å². The van der Waals surface area contributed by atoms with Gasteiger partial charge in [-0.3, -0.25) is 4.98 Å². The van der Waals surface area contributed by atoms with Gasteiger partial charge in [-0.1, -0.05) is 0 Å². The number of rotatable bonds is 3. The Kier molecular flexibility index (Phi) is 4.55. The van der Waals surface area contributed by atoms with Crippen molar-refractivity contribution in [2.75, 3.05) is 0 Å². The Morgan fingerprint density at radius 1 is 1.29 bits per heavy atom. The maximum atomic E-state index is 14.0. The highest BCUT2D eigenvalue weighted by Gasteiger charge is 2.55. The number of fused-ring (bicyclic) bond motifs is 1. The number of aliphatic hydroxyl groups is 1. The lowest BCUT2D eigenvalue weighted by molar-refractivity contribution is -0.0978. The fraction of sp³-hybridized carbons (Fsp3) is 0.250. The first-order chi connectivity index (χ1) is 12.9. The average Bonchev–Trinajstić information content (AvgIpc) is 2.85. The van der Waals surface area contributed by atoms with Gasteiger partial charge in [0.05, 0.1) is 16.7 Å². The predicted molar refractivity (Wildman–Crippen MR) is 82.3 cm³/mol. The van der Waals surface area contributed by atoms with E-state index in [2.05, 4.69) is 4.98 Å². The molecule has 148 valence electrons. The van der Waals surface area contributed by atoms with Gasteiger partial charge in [0, 0.05) is 29.8 Å². The molecule has 0 amide bonds. The van der Waals surface area contributed by atoms with Gasteiger partial charge in [-0.25, -0.2) is 17.2 Å². The van der Waals surface area contributed by atoms with Crippen LogP contribution in [0.2, 0.25) is 0 Å². The fourth-order valence-corrected chi connectivity index (χ4v) is 3.79. The van der Waals surface area contributed by atoms with Crippen LogP contribution in [0.25, 0.3) is 0 Å². The van der Waals surface area contributed by atoms with Gasteiger partial charge in [-0.15, -0.1) is 0 Å². The second-order valence-electron chi connectivity index (χ2n) is 5.87. The first-order valence-electron chi connectivity index (χ1n) is 7.44. The SMILES string of the molecule is N#Cc1cncc(Oc2ccc(S(=O)(=O)C(F)(F)F)c3c2CC(F)(F)C3O)c1. The van der Waals surface area contributed by atoms with Crippen LogP contribution in [-0.2, 0) is 16.3 Å². The van der Waals surface area contributed by atoms with Gasteiger partial charge in [0.25, 0.3) is 15.8 Å². The molecule has 12 heteroatoms. The van der Waals surface area contributed by atoms with E-state index in [0.717, 1.165) is 12.3 Å². The van der Waals surface area contributed by atoms with E-state index >= 15 is 0 Å².